The van der Waals surface area contributed by atoms with Gasteiger partial charge in [0.15, 0.2) is 0 Å². The van der Waals surface area contributed by atoms with Gasteiger partial charge >= 0.3 is 12.0 Å². The van der Waals surface area contributed by atoms with Crippen molar-refractivity contribution in [2.75, 3.05) is 11.9 Å². The molecule has 8 heteroatoms. The first-order chi connectivity index (χ1) is 12.0. The number of aliphatic carboxylic acids is 1. The lowest BCUT2D eigenvalue weighted by atomic mass is 10.2. The number of anilines is 1. The quantitative estimate of drug-likeness (QED) is 0.639. The minimum atomic E-state index is -0.895. The number of aromatic nitrogens is 2. The summed E-state index contributed by atoms with van der Waals surface area (Å²) in [6.07, 6.45) is 3.45. The molecule has 2 amide bonds. The summed E-state index contributed by atoms with van der Waals surface area (Å²) in [5.74, 6) is -1.22. The average Bonchev–Trinajstić information content (AvgIpc) is 2.95. The van der Waals surface area contributed by atoms with Crippen molar-refractivity contribution >= 4 is 17.7 Å². The molecule has 0 saturated heterocycles. The number of carboxylic acid groups (broad SMARTS) is 1. The van der Waals surface area contributed by atoms with Gasteiger partial charge in [0.25, 0.3) is 0 Å². The van der Waals surface area contributed by atoms with Crippen LogP contribution in [-0.4, -0.2) is 33.4 Å². The molecule has 0 unspecified atom stereocenters. The van der Waals surface area contributed by atoms with Crippen molar-refractivity contribution in [1.29, 1.82) is 0 Å². The van der Waals surface area contributed by atoms with E-state index in [2.05, 4.69) is 15.7 Å². The van der Waals surface area contributed by atoms with E-state index in [4.69, 9.17) is 5.11 Å². The SMILES string of the molecule is CCCc1c(NC(=O)NCCCC(=O)O)cnn1-c1ccc(F)cc1. The molecule has 134 valence electrons. The second kappa shape index (κ2) is 8.81. The predicted octanol–water partition coefficient (Wildman–Crippen LogP) is 2.95. The van der Waals surface area contributed by atoms with Crippen LogP contribution < -0.4 is 10.6 Å². The molecular formula is C17H21FN4O3. The van der Waals surface area contributed by atoms with Gasteiger partial charge in [-0.05, 0) is 37.1 Å². The summed E-state index contributed by atoms with van der Waals surface area (Å²) in [4.78, 5) is 22.4. The molecule has 25 heavy (non-hydrogen) atoms. The summed E-state index contributed by atoms with van der Waals surface area (Å²) in [5.41, 5.74) is 2.09. The molecule has 3 N–H and O–H groups in total. The molecule has 2 aromatic rings. The van der Waals surface area contributed by atoms with Crippen molar-refractivity contribution in [1.82, 2.24) is 15.1 Å². The largest absolute Gasteiger partial charge is 0.481 e. The van der Waals surface area contributed by atoms with Crippen LogP contribution in [0.4, 0.5) is 14.9 Å². The van der Waals surface area contributed by atoms with Crippen LogP contribution in [0.15, 0.2) is 30.5 Å². The van der Waals surface area contributed by atoms with Crippen LogP contribution >= 0.6 is 0 Å². The molecule has 0 aliphatic heterocycles. The van der Waals surface area contributed by atoms with Crippen molar-refractivity contribution in [2.45, 2.75) is 32.6 Å². The van der Waals surface area contributed by atoms with Crippen molar-refractivity contribution in [3.63, 3.8) is 0 Å². The maximum atomic E-state index is 13.1. The topological polar surface area (TPSA) is 96.2 Å². The van der Waals surface area contributed by atoms with E-state index in [1.165, 1.54) is 12.1 Å². The van der Waals surface area contributed by atoms with Gasteiger partial charge in [0.05, 0.1) is 23.3 Å². The number of nitrogens with zero attached hydrogens (tertiary/aromatic N) is 2. The fourth-order valence-corrected chi connectivity index (χ4v) is 2.37. The third-order valence-electron chi connectivity index (χ3n) is 3.53. The number of nitrogens with one attached hydrogen (secondary N) is 2. The highest BCUT2D eigenvalue weighted by Crippen LogP contribution is 2.21. The normalized spacial score (nSPS) is 10.5. The minimum Gasteiger partial charge on any atom is -0.481 e. The number of carbonyl (C=O) groups excluding carboxylic acids is 1. The molecule has 7 nitrogen and oxygen atoms in total. The number of benzene rings is 1. The smallest absolute Gasteiger partial charge is 0.319 e. The molecule has 0 spiro atoms. The second-order valence-corrected chi connectivity index (χ2v) is 5.52. The van der Waals surface area contributed by atoms with Crippen LogP contribution in [-0.2, 0) is 11.2 Å². The minimum absolute atomic E-state index is 0.00383. The van der Waals surface area contributed by atoms with E-state index in [1.807, 2.05) is 6.92 Å². The third kappa shape index (κ3) is 5.30. The van der Waals surface area contributed by atoms with E-state index in [0.29, 0.717) is 24.2 Å². The van der Waals surface area contributed by atoms with Gasteiger partial charge in [-0.25, -0.2) is 13.9 Å². The lowest BCUT2D eigenvalue weighted by Crippen LogP contribution is -2.30. The fourth-order valence-electron chi connectivity index (χ4n) is 2.37. The predicted molar refractivity (Wildman–Crippen MR) is 91.4 cm³/mol. The third-order valence-corrected chi connectivity index (χ3v) is 3.53. The van der Waals surface area contributed by atoms with E-state index in [0.717, 1.165) is 12.1 Å². The first kappa shape index (κ1) is 18.4. The molecule has 0 bridgehead atoms. The monoisotopic (exact) mass is 348 g/mol. The van der Waals surface area contributed by atoms with Crippen LogP contribution in [0.25, 0.3) is 5.69 Å². The van der Waals surface area contributed by atoms with Crippen LogP contribution in [0.1, 0.15) is 31.9 Å². The van der Waals surface area contributed by atoms with Crippen LogP contribution in [0.2, 0.25) is 0 Å². The fraction of sp³-hybridized carbons (Fsp3) is 0.353. The van der Waals surface area contributed by atoms with Gasteiger partial charge in [0.1, 0.15) is 5.82 Å². The number of hydrogen-bond donors (Lipinski definition) is 3. The Morgan fingerprint density at radius 2 is 2.00 bits per heavy atom. The summed E-state index contributed by atoms with van der Waals surface area (Å²) in [5, 5.41) is 18.2. The van der Waals surface area contributed by atoms with Gasteiger partial charge in [-0.3, -0.25) is 4.79 Å². The Morgan fingerprint density at radius 3 is 2.64 bits per heavy atom. The summed E-state index contributed by atoms with van der Waals surface area (Å²) in [7, 11) is 0. The highest BCUT2D eigenvalue weighted by molar-refractivity contribution is 5.89. The number of carbonyl (C=O) groups is 2. The van der Waals surface area contributed by atoms with E-state index in [-0.39, 0.29) is 18.8 Å². The number of carboxylic acids is 1. The van der Waals surface area contributed by atoms with Gasteiger partial charge in [-0.15, -0.1) is 0 Å². The molecule has 1 aromatic carbocycles. The molecule has 0 radical (unpaired) electrons. The van der Waals surface area contributed by atoms with Gasteiger partial charge in [0, 0.05) is 13.0 Å². The Bertz CT molecular complexity index is 728. The zero-order valence-corrected chi connectivity index (χ0v) is 14.0. The zero-order chi connectivity index (χ0) is 18.2. The second-order valence-electron chi connectivity index (χ2n) is 5.52. The number of urea groups is 1. The average molecular weight is 348 g/mol. The molecular weight excluding hydrogens is 327 g/mol. The highest BCUT2D eigenvalue weighted by atomic mass is 19.1. The number of amides is 2. The van der Waals surface area contributed by atoms with Crippen molar-refractivity contribution in [2.24, 2.45) is 0 Å². The van der Waals surface area contributed by atoms with E-state index in [1.54, 1.807) is 23.0 Å². The summed E-state index contributed by atoms with van der Waals surface area (Å²) < 4.78 is 14.8. The van der Waals surface area contributed by atoms with Gasteiger partial charge < -0.3 is 15.7 Å². The van der Waals surface area contributed by atoms with Crippen LogP contribution in [0, 0.1) is 5.82 Å². The Labute approximate surface area is 144 Å². The molecule has 0 atom stereocenters. The zero-order valence-electron chi connectivity index (χ0n) is 14.0. The lowest BCUT2D eigenvalue weighted by Gasteiger charge is -2.10. The summed E-state index contributed by atoms with van der Waals surface area (Å²) in [6.45, 7) is 2.28. The first-order valence-corrected chi connectivity index (χ1v) is 8.10. The standard InChI is InChI=1S/C17H21FN4O3/c1-2-4-15-14(21-17(25)19-10-3-5-16(23)24)11-20-22(15)13-8-6-12(18)7-9-13/h6-9,11H,2-5,10H2,1H3,(H,23,24)(H2,19,21,25). The maximum absolute atomic E-state index is 13.1. The van der Waals surface area contributed by atoms with Gasteiger partial charge in [-0.2, -0.15) is 5.10 Å². The lowest BCUT2D eigenvalue weighted by molar-refractivity contribution is -0.137. The molecule has 0 aliphatic rings. The Hall–Kier alpha value is -2.90. The number of rotatable bonds is 8. The van der Waals surface area contributed by atoms with Crippen molar-refractivity contribution in [3.8, 4) is 5.69 Å². The van der Waals surface area contributed by atoms with E-state index < -0.39 is 12.0 Å². The number of halogens is 1. The Kier molecular flexibility index (Phi) is 6.50. The summed E-state index contributed by atoms with van der Waals surface area (Å²) >= 11 is 0. The van der Waals surface area contributed by atoms with E-state index in [9.17, 15) is 14.0 Å². The molecule has 0 aliphatic carbocycles. The van der Waals surface area contributed by atoms with Crippen LogP contribution in [0.3, 0.4) is 0 Å². The van der Waals surface area contributed by atoms with Gasteiger partial charge in [0.2, 0.25) is 0 Å². The highest BCUT2D eigenvalue weighted by Gasteiger charge is 2.14. The van der Waals surface area contributed by atoms with Crippen molar-refractivity contribution < 1.29 is 19.1 Å². The van der Waals surface area contributed by atoms with Crippen LogP contribution in [0.5, 0.6) is 0 Å². The van der Waals surface area contributed by atoms with Crippen molar-refractivity contribution in [3.05, 3.63) is 42.0 Å². The molecule has 0 saturated carbocycles. The first-order valence-electron chi connectivity index (χ1n) is 8.10. The molecule has 0 fully saturated rings. The van der Waals surface area contributed by atoms with Gasteiger partial charge in [-0.1, -0.05) is 13.3 Å². The Morgan fingerprint density at radius 1 is 1.28 bits per heavy atom. The molecule has 1 heterocycles. The number of hydrogen-bond acceptors (Lipinski definition) is 3. The Balaban J connectivity index is 2.06. The molecule has 1 aromatic heterocycles. The summed E-state index contributed by atoms with van der Waals surface area (Å²) in [6, 6.07) is 5.54. The maximum Gasteiger partial charge on any atom is 0.319 e. The van der Waals surface area contributed by atoms with E-state index >= 15 is 0 Å². The molecule has 2 rings (SSSR count).